The molecule has 1 unspecified atom stereocenters. The number of carbonyl (C=O) groups is 2. The number of hydrogen-bond acceptors (Lipinski definition) is 8. The van der Waals surface area contributed by atoms with Crippen molar-refractivity contribution in [1.82, 2.24) is 9.91 Å². The van der Waals surface area contributed by atoms with Gasteiger partial charge in [-0.05, 0) is 55.1 Å². The molecule has 0 aliphatic carbocycles. The van der Waals surface area contributed by atoms with Gasteiger partial charge in [-0.25, -0.2) is 13.2 Å². The lowest BCUT2D eigenvalue weighted by Gasteiger charge is -2.39. The zero-order valence-corrected chi connectivity index (χ0v) is 22.3. The van der Waals surface area contributed by atoms with Crippen LogP contribution < -0.4 is 4.31 Å². The normalized spacial score (nSPS) is 20.3. The van der Waals surface area contributed by atoms with Crippen LogP contribution in [-0.4, -0.2) is 79.7 Å². The van der Waals surface area contributed by atoms with Crippen molar-refractivity contribution in [3.05, 3.63) is 29.3 Å². The van der Waals surface area contributed by atoms with Crippen LogP contribution in [0.3, 0.4) is 0 Å². The van der Waals surface area contributed by atoms with Gasteiger partial charge in [-0.1, -0.05) is 45.5 Å². The summed E-state index contributed by atoms with van der Waals surface area (Å²) in [7, 11) is -3.40. The topological polar surface area (TPSA) is 99.6 Å². The first-order valence-corrected chi connectivity index (χ1v) is 14.2. The van der Waals surface area contributed by atoms with E-state index in [9.17, 15) is 18.0 Å². The first-order chi connectivity index (χ1) is 15.9. The van der Waals surface area contributed by atoms with Crippen LogP contribution >= 0.6 is 11.8 Å². The van der Waals surface area contributed by atoms with Crippen LogP contribution in [0.4, 0.5) is 15.3 Å². The fourth-order valence-electron chi connectivity index (χ4n) is 4.19. The molecule has 0 spiro atoms. The molecule has 0 saturated heterocycles. The average Bonchev–Trinajstić information content (AvgIpc) is 2.75. The van der Waals surface area contributed by atoms with Gasteiger partial charge in [-0.2, -0.15) is 5.10 Å². The molecule has 188 valence electrons. The number of anilines is 1. The number of thioether (sulfide) groups is 1. The van der Waals surface area contributed by atoms with Gasteiger partial charge < -0.3 is 9.64 Å². The second-order valence-electron chi connectivity index (χ2n) is 9.17. The Morgan fingerprint density at radius 3 is 2.59 bits per heavy atom. The van der Waals surface area contributed by atoms with Crippen LogP contribution in [0.25, 0.3) is 0 Å². The Kier molecular flexibility index (Phi) is 7.99. The maximum Gasteiger partial charge on any atom is 0.438 e. The molecular formula is C23H34N4O5S2. The number of nitrogens with zero attached hydrogens (tertiary/aromatic N) is 4. The molecule has 2 aliphatic heterocycles. The summed E-state index contributed by atoms with van der Waals surface area (Å²) in [6.45, 7) is 13.0. The molecule has 0 radical (unpaired) electrons. The molecule has 1 atom stereocenters. The van der Waals surface area contributed by atoms with Gasteiger partial charge in [-0.3, -0.25) is 9.10 Å². The lowest BCUT2D eigenvalue weighted by Crippen LogP contribution is -2.41. The Morgan fingerprint density at radius 2 is 1.97 bits per heavy atom. The molecule has 0 bridgehead atoms. The van der Waals surface area contributed by atoms with E-state index in [1.54, 1.807) is 12.1 Å². The van der Waals surface area contributed by atoms with E-state index in [1.165, 1.54) is 10.6 Å². The van der Waals surface area contributed by atoms with Crippen LogP contribution in [0, 0.1) is 0 Å². The number of sulfonamides is 1. The smallest absolute Gasteiger partial charge is 0.438 e. The Labute approximate surface area is 206 Å². The van der Waals surface area contributed by atoms with Gasteiger partial charge in [0.15, 0.2) is 0 Å². The lowest BCUT2D eigenvalue weighted by molar-refractivity contribution is 0.103. The number of fused-ring (bicyclic) bond motifs is 1. The standard InChI is InChI=1S/C23H34N4O5S2/c1-7-25(8-2)13-14-32-21(28)27-22(29)33-16(3)20(24-27)17-9-10-19-18(15-17)23(4,5)11-12-26(19)34(6,30)31/h9-10,15-16H,7-8,11-14H2,1-6H3. The molecular weight excluding hydrogens is 476 g/mol. The maximum absolute atomic E-state index is 12.6. The molecule has 0 aromatic heterocycles. The molecule has 9 nitrogen and oxygen atoms in total. The lowest BCUT2D eigenvalue weighted by atomic mass is 9.77. The fraction of sp³-hybridized carbons (Fsp3) is 0.609. The molecule has 1 aromatic rings. The monoisotopic (exact) mass is 510 g/mol. The number of ether oxygens (including phenoxy) is 1. The van der Waals surface area contributed by atoms with Gasteiger partial charge in [0.2, 0.25) is 10.0 Å². The third kappa shape index (κ3) is 5.58. The van der Waals surface area contributed by atoms with E-state index in [4.69, 9.17) is 4.74 Å². The van der Waals surface area contributed by atoms with E-state index in [2.05, 4.69) is 23.8 Å². The summed E-state index contributed by atoms with van der Waals surface area (Å²) in [5, 5.41) is 4.41. The summed E-state index contributed by atoms with van der Waals surface area (Å²) < 4.78 is 31.4. The van der Waals surface area contributed by atoms with Gasteiger partial charge in [0.05, 0.1) is 22.9 Å². The van der Waals surface area contributed by atoms with Gasteiger partial charge in [-0.15, -0.1) is 5.01 Å². The number of rotatable bonds is 7. The van der Waals surface area contributed by atoms with Crippen LogP contribution in [-0.2, 0) is 20.2 Å². The Bertz CT molecular complexity index is 1080. The molecule has 34 heavy (non-hydrogen) atoms. The summed E-state index contributed by atoms with van der Waals surface area (Å²) >= 11 is 1.01. The second kappa shape index (κ2) is 10.2. The number of imide groups is 1. The van der Waals surface area contributed by atoms with Crippen molar-refractivity contribution < 1.29 is 22.7 Å². The van der Waals surface area contributed by atoms with E-state index in [1.807, 2.05) is 26.8 Å². The Balaban J connectivity index is 1.91. The first kappa shape index (κ1) is 26.5. The highest BCUT2D eigenvalue weighted by Gasteiger charge is 2.37. The van der Waals surface area contributed by atoms with E-state index in [0.29, 0.717) is 30.9 Å². The van der Waals surface area contributed by atoms with Crippen LogP contribution in [0.15, 0.2) is 23.3 Å². The van der Waals surface area contributed by atoms with Crippen molar-refractivity contribution >= 4 is 44.5 Å². The molecule has 2 aliphatic rings. The molecule has 0 N–H and O–H groups in total. The van der Waals surface area contributed by atoms with Crippen molar-refractivity contribution in [2.24, 2.45) is 5.10 Å². The Hall–Kier alpha value is -2.11. The number of hydrazone groups is 1. The van der Waals surface area contributed by atoms with Crippen molar-refractivity contribution in [2.75, 3.05) is 43.3 Å². The quantitative estimate of drug-likeness (QED) is 0.549. The molecule has 0 saturated carbocycles. The van der Waals surface area contributed by atoms with E-state index in [-0.39, 0.29) is 17.3 Å². The van der Waals surface area contributed by atoms with Crippen molar-refractivity contribution in [3.8, 4) is 0 Å². The minimum atomic E-state index is -3.40. The zero-order valence-electron chi connectivity index (χ0n) is 20.7. The van der Waals surface area contributed by atoms with Crippen molar-refractivity contribution in [1.29, 1.82) is 0 Å². The highest BCUT2D eigenvalue weighted by Crippen LogP contribution is 2.41. The first-order valence-electron chi connectivity index (χ1n) is 11.5. The zero-order chi connectivity index (χ0) is 25.3. The average molecular weight is 511 g/mol. The SMILES string of the molecule is CCN(CC)CCOC(=O)N1N=C(c2ccc3c(c2)C(C)(C)CCN3S(C)(=O)=O)C(C)SC1=O. The fourth-order valence-corrected chi connectivity index (χ4v) is 5.95. The summed E-state index contributed by atoms with van der Waals surface area (Å²) in [6.07, 6.45) is 1.09. The number of benzene rings is 1. The summed E-state index contributed by atoms with van der Waals surface area (Å²) in [5.74, 6) is 0. The maximum atomic E-state index is 12.6. The summed E-state index contributed by atoms with van der Waals surface area (Å²) in [4.78, 5) is 27.2. The summed E-state index contributed by atoms with van der Waals surface area (Å²) in [5.41, 5.74) is 2.63. The van der Waals surface area contributed by atoms with E-state index >= 15 is 0 Å². The molecule has 2 amide bonds. The number of likely N-dealkylation sites (N-methyl/N-ethyl adjacent to an activating group) is 1. The number of carbonyl (C=O) groups excluding carboxylic acids is 2. The second-order valence-corrected chi connectivity index (χ2v) is 12.4. The van der Waals surface area contributed by atoms with Gasteiger partial charge >= 0.3 is 11.3 Å². The highest BCUT2D eigenvalue weighted by atomic mass is 32.2. The van der Waals surface area contributed by atoms with Gasteiger partial charge in [0.1, 0.15) is 6.61 Å². The van der Waals surface area contributed by atoms with Gasteiger partial charge in [0.25, 0.3) is 0 Å². The van der Waals surface area contributed by atoms with E-state index < -0.39 is 21.4 Å². The molecule has 2 heterocycles. The molecule has 11 heteroatoms. The third-order valence-electron chi connectivity index (χ3n) is 6.37. The molecule has 3 rings (SSSR count). The van der Waals surface area contributed by atoms with Gasteiger partial charge in [0, 0.05) is 13.1 Å². The molecule has 0 fully saturated rings. The van der Waals surface area contributed by atoms with Crippen LogP contribution in [0.5, 0.6) is 0 Å². The number of amides is 2. The molecule has 1 aromatic carbocycles. The van der Waals surface area contributed by atoms with Crippen molar-refractivity contribution in [2.45, 2.75) is 51.7 Å². The highest BCUT2D eigenvalue weighted by molar-refractivity contribution is 8.14. The predicted molar refractivity (Wildman–Crippen MR) is 136 cm³/mol. The minimum Gasteiger partial charge on any atom is -0.446 e. The predicted octanol–water partition coefficient (Wildman–Crippen LogP) is 3.87. The number of hydrogen-bond donors (Lipinski definition) is 0. The van der Waals surface area contributed by atoms with Crippen LogP contribution in [0.1, 0.15) is 52.2 Å². The van der Waals surface area contributed by atoms with E-state index in [0.717, 1.165) is 41.0 Å². The summed E-state index contributed by atoms with van der Waals surface area (Å²) in [6, 6.07) is 5.52. The Morgan fingerprint density at radius 1 is 1.29 bits per heavy atom. The van der Waals surface area contributed by atoms with Crippen molar-refractivity contribution in [3.63, 3.8) is 0 Å². The third-order valence-corrected chi connectivity index (χ3v) is 8.51. The van der Waals surface area contributed by atoms with Crippen LogP contribution in [0.2, 0.25) is 0 Å². The largest absolute Gasteiger partial charge is 0.446 e. The minimum absolute atomic E-state index is 0.170.